The van der Waals surface area contributed by atoms with Crippen molar-refractivity contribution in [3.05, 3.63) is 47.5 Å². The van der Waals surface area contributed by atoms with E-state index in [2.05, 4.69) is 0 Å². The third-order valence-corrected chi connectivity index (χ3v) is 11.7. The van der Waals surface area contributed by atoms with Gasteiger partial charge in [-0.3, -0.25) is 0 Å². The maximum atomic E-state index is 14.0. The van der Waals surface area contributed by atoms with E-state index in [4.69, 9.17) is 9.47 Å². The molecule has 180 valence electrons. The maximum Gasteiger partial charge on any atom is 0.414 e. The van der Waals surface area contributed by atoms with Crippen LogP contribution < -0.4 is 9.47 Å². The molecule has 6 nitrogen and oxygen atoms in total. The highest BCUT2D eigenvalue weighted by molar-refractivity contribution is 9.35. The lowest BCUT2D eigenvalue weighted by molar-refractivity contribution is 0.169. The highest BCUT2D eigenvalue weighted by Crippen LogP contribution is 2.54. The van der Waals surface area contributed by atoms with Crippen molar-refractivity contribution in [1.29, 1.82) is 0 Å². The Morgan fingerprint density at radius 2 is 1.00 bits per heavy atom. The lowest BCUT2D eigenvalue weighted by Crippen LogP contribution is -2.25. The van der Waals surface area contributed by atoms with E-state index < -0.39 is 47.0 Å². The van der Waals surface area contributed by atoms with Gasteiger partial charge in [0.2, 0.25) is 0 Å². The number of carbonyl (C=O) groups excluding carboxylic acids is 2. The van der Waals surface area contributed by atoms with Crippen molar-refractivity contribution in [2.45, 2.75) is 9.79 Å². The molecular formula is C18H16F4N2O4S5. The smallest absolute Gasteiger partial charge is 0.407 e. The van der Waals surface area contributed by atoms with E-state index in [9.17, 15) is 27.2 Å². The fourth-order valence-corrected chi connectivity index (χ4v) is 10.0. The second kappa shape index (κ2) is 12.8. The normalized spacial score (nSPS) is 10.7. The molecule has 2 aromatic rings. The van der Waals surface area contributed by atoms with Crippen LogP contribution in [-0.2, 0) is 0 Å². The van der Waals surface area contributed by atoms with Crippen LogP contribution in [0.1, 0.15) is 0 Å². The van der Waals surface area contributed by atoms with E-state index in [-0.39, 0.29) is 9.79 Å². The third kappa shape index (κ3) is 8.31. The van der Waals surface area contributed by atoms with Gasteiger partial charge in [-0.05, 0) is 51.1 Å². The summed E-state index contributed by atoms with van der Waals surface area (Å²) < 4.78 is 65.5. The molecule has 0 bridgehead atoms. The molecule has 0 aliphatic carbocycles. The molecule has 0 spiro atoms. The molecule has 2 rings (SSSR count). The fraction of sp³-hybridized carbons (Fsp3) is 0.222. The molecule has 0 aliphatic heterocycles. The number of rotatable bonds is 8. The first-order valence-corrected chi connectivity index (χ1v) is 14.8. The summed E-state index contributed by atoms with van der Waals surface area (Å²) in [5.41, 5.74) is 0. The Kier molecular flexibility index (Phi) is 10.7. The van der Waals surface area contributed by atoms with E-state index in [0.717, 1.165) is 73.0 Å². The van der Waals surface area contributed by atoms with Crippen LogP contribution in [0.25, 0.3) is 0 Å². The minimum atomic E-state index is -1.02. The highest BCUT2D eigenvalue weighted by atomic mass is 33.8. The minimum absolute atomic E-state index is 0.0203. The molecular weight excluding hydrogens is 545 g/mol. The number of hydrogen-bond acceptors (Lipinski definition) is 9. The van der Waals surface area contributed by atoms with Gasteiger partial charge in [-0.15, -0.1) is 0 Å². The van der Waals surface area contributed by atoms with Crippen LogP contribution in [-0.4, -0.2) is 50.2 Å². The molecule has 0 heterocycles. The van der Waals surface area contributed by atoms with Crippen LogP contribution in [0.2, 0.25) is 0 Å². The molecule has 0 fully saturated rings. The van der Waals surface area contributed by atoms with Crippen molar-refractivity contribution < 1.29 is 36.6 Å². The lowest BCUT2D eigenvalue weighted by Gasteiger charge is -2.12. The highest BCUT2D eigenvalue weighted by Gasteiger charge is 2.18. The summed E-state index contributed by atoms with van der Waals surface area (Å²) in [5.74, 6) is -4.56. The van der Waals surface area contributed by atoms with Crippen molar-refractivity contribution in [2.75, 3.05) is 28.2 Å². The molecule has 0 aromatic heterocycles. The number of ether oxygens (including phenoxy) is 2. The van der Waals surface area contributed by atoms with Crippen LogP contribution in [0.3, 0.4) is 0 Å². The molecule has 0 unspecified atom stereocenters. The predicted molar refractivity (Wildman–Crippen MR) is 127 cm³/mol. The van der Waals surface area contributed by atoms with E-state index in [0.29, 0.717) is 12.1 Å². The van der Waals surface area contributed by atoms with Gasteiger partial charge in [0, 0.05) is 52.5 Å². The zero-order valence-electron chi connectivity index (χ0n) is 17.4. The molecule has 0 N–H and O–H groups in total. The standard InChI is InChI=1S/C18H16F4N2O4S5/c1-23(2)17(25)27-13-7-15(11(21)5-9(13)19)29-31-33-32-30-16-8-14(10(20)6-12(16)22)28-18(26)24(3)4/h5-8H,1-4H3. The summed E-state index contributed by atoms with van der Waals surface area (Å²) in [4.78, 5) is 25.4. The van der Waals surface area contributed by atoms with Crippen molar-refractivity contribution in [3.63, 3.8) is 0 Å². The number of benzene rings is 2. The molecule has 0 radical (unpaired) electrons. The van der Waals surface area contributed by atoms with Gasteiger partial charge in [0.1, 0.15) is 11.6 Å². The Balaban J connectivity index is 1.94. The lowest BCUT2D eigenvalue weighted by atomic mass is 10.3. The zero-order valence-corrected chi connectivity index (χ0v) is 21.5. The Labute approximate surface area is 206 Å². The zero-order chi connectivity index (χ0) is 24.7. The number of hydrogen-bond donors (Lipinski definition) is 0. The van der Waals surface area contributed by atoms with Gasteiger partial charge in [-0.25, -0.2) is 27.2 Å². The van der Waals surface area contributed by atoms with Crippen molar-refractivity contribution in [1.82, 2.24) is 9.80 Å². The quantitative estimate of drug-likeness (QED) is 0.191. The number of carbonyl (C=O) groups is 2. The number of amides is 2. The summed E-state index contributed by atoms with van der Waals surface area (Å²) in [6, 6.07) is 3.34. The van der Waals surface area contributed by atoms with E-state index in [1.54, 1.807) is 0 Å². The molecule has 0 aliphatic rings. The van der Waals surface area contributed by atoms with Gasteiger partial charge < -0.3 is 19.3 Å². The Bertz CT molecular complexity index is 950. The van der Waals surface area contributed by atoms with E-state index in [1.165, 1.54) is 28.2 Å². The number of nitrogens with zero attached hydrogens (tertiary/aromatic N) is 2. The average Bonchev–Trinajstić information content (AvgIpc) is 2.73. The van der Waals surface area contributed by atoms with Crippen LogP contribution in [0.4, 0.5) is 27.2 Å². The summed E-state index contributed by atoms with van der Waals surface area (Å²) >= 11 is 0. The Morgan fingerprint density at radius 1 is 0.636 bits per heavy atom. The molecule has 0 saturated carbocycles. The fourth-order valence-electron chi connectivity index (χ4n) is 1.79. The Hall–Kier alpha value is -1.55. The Morgan fingerprint density at radius 3 is 1.33 bits per heavy atom. The first kappa shape index (κ1) is 27.7. The third-order valence-electron chi connectivity index (χ3n) is 3.40. The minimum Gasteiger partial charge on any atom is -0.407 e. The second-order valence-electron chi connectivity index (χ2n) is 6.32. The largest absolute Gasteiger partial charge is 0.414 e. The van der Waals surface area contributed by atoms with Crippen molar-refractivity contribution in [3.8, 4) is 11.5 Å². The number of halogens is 4. The summed E-state index contributed by atoms with van der Waals surface area (Å²) in [5, 5.41) is 0. The average molecular weight is 561 g/mol. The van der Waals surface area contributed by atoms with Crippen LogP contribution >= 0.6 is 51.1 Å². The monoisotopic (exact) mass is 560 g/mol. The van der Waals surface area contributed by atoms with Crippen molar-refractivity contribution >= 4 is 63.3 Å². The second-order valence-corrected chi connectivity index (χ2v) is 13.8. The van der Waals surface area contributed by atoms with Crippen molar-refractivity contribution in [2.24, 2.45) is 0 Å². The van der Waals surface area contributed by atoms with Crippen LogP contribution in [0.15, 0.2) is 34.1 Å². The van der Waals surface area contributed by atoms with Gasteiger partial charge in [0.15, 0.2) is 23.1 Å². The molecule has 0 saturated heterocycles. The van der Waals surface area contributed by atoms with Gasteiger partial charge in [-0.2, -0.15) is 0 Å². The van der Waals surface area contributed by atoms with Gasteiger partial charge in [0.05, 0.1) is 9.79 Å². The predicted octanol–water partition coefficient (Wildman–Crippen LogP) is 7.11. The molecule has 0 atom stereocenters. The van der Waals surface area contributed by atoms with E-state index >= 15 is 0 Å². The molecule has 33 heavy (non-hydrogen) atoms. The van der Waals surface area contributed by atoms with Crippen LogP contribution in [0.5, 0.6) is 11.5 Å². The maximum absolute atomic E-state index is 14.0. The van der Waals surface area contributed by atoms with Gasteiger partial charge in [-0.1, -0.05) is 0 Å². The van der Waals surface area contributed by atoms with Gasteiger partial charge >= 0.3 is 12.2 Å². The molecule has 15 heteroatoms. The molecule has 2 amide bonds. The van der Waals surface area contributed by atoms with E-state index in [1.807, 2.05) is 0 Å². The summed E-state index contributed by atoms with van der Waals surface area (Å²) in [7, 11) is 10.8. The summed E-state index contributed by atoms with van der Waals surface area (Å²) in [6.45, 7) is 0. The summed E-state index contributed by atoms with van der Waals surface area (Å²) in [6.07, 6.45) is -1.63. The SMILES string of the molecule is CN(C)C(=O)Oc1cc(SSSSSc2cc(OC(=O)N(C)C)c(F)cc2F)c(F)cc1F. The van der Waals surface area contributed by atoms with Gasteiger partial charge in [0.25, 0.3) is 0 Å². The first-order valence-electron chi connectivity index (χ1n) is 8.60. The first-order chi connectivity index (χ1) is 15.5. The van der Waals surface area contributed by atoms with Crippen LogP contribution in [0, 0.1) is 23.3 Å². The molecule has 2 aromatic carbocycles. The topological polar surface area (TPSA) is 59.1 Å².